The van der Waals surface area contributed by atoms with E-state index in [0.717, 1.165) is 11.1 Å². The number of piperidine rings is 1. The van der Waals surface area contributed by atoms with Gasteiger partial charge in [0.15, 0.2) is 0 Å². The average Bonchev–Trinajstić information content (AvgIpc) is 2.61. The van der Waals surface area contributed by atoms with Gasteiger partial charge < -0.3 is 19.8 Å². The number of rotatable bonds is 3. The first-order chi connectivity index (χ1) is 11.6. The predicted octanol–water partition coefficient (Wildman–Crippen LogP) is 2.88. The number of nitrogens with zero attached hydrogens (tertiary/aromatic N) is 1. The Kier molecular flexibility index (Phi) is 5.01. The summed E-state index contributed by atoms with van der Waals surface area (Å²) in [7, 11) is 0. The molecule has 2 N–H and O–H groups in total. The highest BCUT2D eigenvalue weighted by Gasteiger charge is 2.31. The normalized spacial score (nSPS) is 20.6. The van der Waals surface area contributed by atoms with Gasteiger partial charge in [0.05, 0.1) is 12.6 Å². The SMILES string of the molecule is O=C(OCc1ccccc1)N1CC[C@H](c2ccc(O)cc2)[C@@H](O)C1. The Labute approximate surface area is 141 Å². The van der Waals surface area contributed by atoms with Gasteiger partial charge in [-0.3, -0.25) is 0 Å². The number of amides is 1. The van der Waals surface area contributed by atoms with Crippen LogP contribution < -0.4 is 0 Å². The van der Waals surface area contributed by atoms with Crippen LogP contribution in [-0.2, 0) is 11.3 Å². The summed E-state index contributed by atoms with van der Waals surface area (Å²) >= 11 is 0. The highest BCUT2D eigenvalue weighted by atomic mass is 16.6. The van der Waals surface area contributed by atoms with Gasteiger partial charge in [-0.05, 0) is 29.7 Å². The molecular weight excluding hydrogens is 306 g/mol. The molecule has 3 rings (SSSR count). The fourth-order valence-corrected chi connectivity index (χ4v) is 3.02. The van der Waals surface area contributed by atoms with Gasteiger partial charge in [-0.15, -0.1) is 0 Å². The Morgan fingerprint density at radius 2 is 1.83 bits per heavy atom. The number of aliphatic hydroxyl groups excluding tert-OH is 1. The molecule has 2 atom stereocenters. The van der Waals surface area contributed by atoms with E-state index in [1.54, 1.807) is 17.0 Å². The zero-order valence-corrected chi connectivity index (χ0v) is 13.3. The minimum absolute atomic E-state index is 0.0382. The summed E-state index contributed by atoms with van der Waals surface area (Å²) in [5.74, 6) is 0.166. The molecule has 1 aliphatic rings. The molecule has 0 bridgehead atoms. The molecule has 0 spiro atoms. The van der Waals surface area contributed by atoms with Crippen molar-refractivity contribution >= 4 is 6.09 Å². The number of carbonyl (C=O) groups is 1. The van der Waals surface area contributed by atoms with E-state index in [1.807, 2.05) is 42.5 Å². The molecule has 1 saturated heterocycles. The molecule has 126 valence electrons. The Bertz CT molecular complexity index is 672. The molecule has 0 saturated carbocycles. The summed E-state index contributed by atoms with van der Waals surface area (Å²) in [6.07, 6.45) is -0.388. The molecule has 1 amide bonds. The van der Waals surface area contributed by atoms with Gasteiger partial charge in [-0.2, -0.15) is 0 Å². The van der Waals surface area contributed by atoms with Gasteiger partial charge in [-0.25, -0.2) is 4.79 Å². The minimum atomic E-state index is -0.646. The number of phenolic OH excluding ortho intramolecular Hbond substituents is 1. The summed E-state index contributed by atoms with van der Waals surface area (Å²) in [6, 6.07) is 16.4. The molecule has 0 aromatic heterocycles. The van der Waals surface area contributed by atoms with Gasteiger partial charge in [0, 0.05) is 12.5 Å². The van der Waals surface area contributed by atoms with Crippen molar-refractivity contribution in [3.05, 3.63) is 65.7 Å². The van der Waals surface area contributed by atoms with Crippen molar-refractivity contribution in [1.82, 2.24) is 4.90 Å². The first-order valence-corrected chi connectivity index (χ1v) is 8.06. The van der Waals surface area contributed by atoms with Crippen molar-refractivity contribution in [2.45, 2.75) is 25.0 Å². The number of benzene rings is 2. The maximum atomic E-state index is 12.2. The Hall–Kier alpha value is -2.53. The maximum Gasteiger partial charge on any atom is 0.410 e. The first kappa shape index (κ1) is 16.3. The van der Waals surface area contributed by atoms with Gasteiger partial charge in [0.2, 0.25) is 0 Å². The second-order valence-electron chi connectivity index (χ2n) is 6.04. The third kappa shape index (κ3) is 3.86. The molecule has 24 heavy (non-hydrogen) atoms. The number of ether oxygens (including phenoxy) is 1. The molecule has 5 nitrogen and oxygen atoms in total. The number of hydrogen-bond acceptors (Lipinski definition) is 4. The van der Waals surface area contributed by atoms with E-state index in [1.165, 1.54) is 0 Å². The molecule has 0 unspecified atom stereocenters. The molecule has 0 aliphatic carbocycles. The monoisotopic (exact) mass is 327 g/mol. The molecule has 1 heterocycles. The molecule has 1 fully saturated rings. The number of carbonyl (C=O) groups excluding carboxylic acids is 1. The third-order valence-electron chi connectivity index (χ3n) is 4.37. The number of likely N-dealkylation sites (tertiary alicyclic amines) is 1. The first-order valence-electron chi connectivity index (χ1n) is 8.06. The lowest BCUT2D eigenvalue weighted by Gasteiger charge is -2.35. The lowest BCUT2D eigenvalue weighted by atomic mass is 9.87. The van der Waals surface area contributed by atoms with Crippen molar-refractivity contribution < 1.29 is 19.7 Å². The lowest BCUT2D eigenvalue weighted by Crippen LogP contribution is -2.45. The predicted molar refractivity (Wildman–Crippen MR) is 89.7 cm³/mol. The van der Waals surface area contributed by atoms with E-state index in [0.29, 0.717) is 13.0 Å². The van der Waals surface area contributed by atoms with E-state index in [4.69, 9.17) is 4.74 Å². The van der Waals surface area contributed by atoms with Crippen LogP contribution in [-0.4, -0.2) is 40.4 Å². The number of hydrogen-bond donors (Lipinski definition) is 2. The van der Waals surface area contributed by atoms with Crippen LogP contribution in [0.5, 0.6) is 5.75 Å². The van der Waals surface area contributed by atoms with Crippen LogP contribution in [0.4, 0.5) is 4.79 Å². The van der Waals surface area contributed by atoms with Crippen LogP contribution in [0, 0.1) is 0 Å². The van der Waals surface area contributed by atoms with Crippen LogP contribution in [0.2, 0.25) is 0 Å². The van der Waals surface area contributed by atoms with Crippen molar-refractivity contribution in [3.8, 4) is 5.75 Å². The smallest absolute Gasteiger partial charge is 0.410 e. The zero-order valence-electron chi connectivity index (χ0n) is 13.3. The van der Waals surface area contributed by atoms with Gasteiger partial charge in [0.25, 0.3) is 0 Å². The fourth-order valence-electron chi connectivity index (χ4n) is 3.02. The highest BCUT2D eigenvalue weighted by molar-refractivity contribution is 5.68. The summed E-state index contributed by atoms with van der Waals surface area (Å²) in [6.45, 7) is 1.02. The average molecular weight is 327 g/mol. The van der Waals surface area contributed by atoms with Crippen molar-refractivity contribution in [2.75, 3.05) is 13.1 Å². The van der Waals surface area contributed by atoms with Gasteiger partial charge >= 0.3 is 6.09 Å². The van der Waals surface area contributed by atoms with Gasteiger partial charge in [-0.1, -0.05) is 42.5 Å². The van der Waals surface area contributed by atoms with Crippen LogP contribution >= 0.6 is 0 Å². The lowest BCUT2D eigenvalue weighted by molar-refractivity contribution is 0.0344. The van der Waals surface area contributed by atoms with E-state index in [9.17, 15) is 15.0 Å². The minimum Gasteiger partial charge on any atom is -0.508 e. The molecule has 1 aliphatic heterocycles. The molecule has 5 heteroatoms. The summed E-state index contributed by atoms with van der Waals surface area (Å²) in [4.78, 5) is 13.7. The fraction of sp³-hybridized carbons (Fsp3) is 0.316. The molecule has 2 aromatic carbocycles. The van der Waals surface area contributed by atoms with Crippen LogP contribution in [0.1, 0.15) is 23.5 Å². The summed E-state index contributed by atoms with van der Waals surface area (Å²) in [5, 5.41) is 19.7. The van der Waals surface area contributed by atoms with Crippen molar-refractivity contribution in [3.63, 3.8) is 0 Å². The number of phenols is 1. The topological polar surface area (TPSA) is 70.0 Å². The van der Waals surface area contributed by atoms with Crippen molar-refractivity contribution in [1.29, 1.82) is 0 Å². The number of β-amino-alcohol motifs (C(OH)–C–C–N with tert-alkyl or cyclic N) is 1. The number of aliphatic hydroxyl groups is 1. The highest BCUT2D eigenvalue weighted by Crippen LogP contribution is 2.29. The number of aromatic hydroxyl groups is 1. The van der Waals surface area contributed by atoms with E-state index < -0.39 is 12.2 Å². The largest absolute Gasteiger partial charge is 0.508 e. The van der Waals surface area contributed by atoms with E-state index in [-0.39, 0.29) is 24.8 Å². The summed E-state index contributed by atoms with van der Waals surface area (Å²) < 4.78 is 5.32. The zero-order chi connectivity index (χ0) is 16.9. The van der Waals surface area contributed by atoms with Crippen LogP contribution in [0.25, 0.3) is 0 Å². The second-order valence-corrected chi connectivity index (χ2v) is 6.04. The Morgan fingerprint density at radius 1 is 1.12 bits per heavy atom. The maximum absolute atomic E-state index is 12.2. The van der Waals surface area contributed by atoms with E-state index >= 15 is 0 Å². The Balaban J connectivity index is 1.54. The Morgan fingerprint density at radius 3 is 2.50 bits per heavy atom. The van der Waals surface area contributed by atoms with Gasteiger partial charge in [0.1, 0.15) is 12.4 Å². The van der Waals surface area contributed by atoms with Crippen molar-refractivity contribution in [2.24, 2.45) is 0 Å². The molecular formula is C19H21NO4. The molecule has 0 radical (unpaired) electrons. The van der Waals surface area contributed by atoms with Crippen LogP contribution in [0.3, 0.4) is 0 Å². The standard InChI is InChI=1S/C19H21NO4/c21-16-8-6-15(7-9-16)17-10-11-20(12-18(17)22)19(23)24-13-14-4-2-1-3-5-14/h1-9,17-18,21-22H,10-13H2/t17-,18+/m1/s1. The quantitative estimate of drug-likeness (QED) is 0.909. The molecule has 2 aromatic rings. The van der Waals surface area contributed by atoms with E-state index in [2.05, 4.69) is 0 Å². The van der Waals surface area contributed by atoms with Crippen LogP contribution in [0.15, 0.2) is 54.6 Å². The summed E-state index contributed by atoms with van der Waals surface area (Å²) in [5.41, 5.74) is 1.91. The second kappa shape index (κ2) is 7.36. The third-order valence-corrected chi connectivity index (χ3v) is 4.37.